The Morgan fingerprint density at radius 2 is 1.92 bits per heavy atom. The Morgan fingerprint density at radius 3 is 2.58 bits per heavy atom. The van der Waals surface area contributed by atoms with Crippen LogP contribution in [-0.2, 0) is 0 Å². The van der Waals surface area contributed by atoms with Crippen LogP contribution in [0.15, 0.2) is 52.9 Å². The molecule has 0 radical (unpaired) electrons. The Bertz CT molecular complexity index is 882. The largest absolute Gasteiger partial charge is 0.478 e. The topological polar surface area (TPSA) is 62.2 Å². The second-order valence-corrected chi connectivity index (χ2v) is 6.39. The highest BCUT2D eigenvalue weighted by Gasteiger charge is 2.11. The Balaban J connectivity index is 1.68. The van der Waals surface area contributed by atoms with Crippen molar-refractivity contribution in [2.75, 3.05) is 4.72 Å². The van der Waals surface area contributed by atoms with Crippen molar-refractivity contribution in [3.05, 3.63) is 65.0 Å². The molecule has 2 aromatic carbocycles. The van der Waals surface area contributed by atoms with Crippen LogP contribution in [0.25, 0.3) is 10.6 Å². The predicted octanol–water partition coefficient (Wildman–Crippen LogP) is 4.91. The summed E-state index contributed by atoms with van der Waals surface area (Å²) in [6.45, 7) is 0. The molecule has 0 aliphatic carbocycles. The van der Waals surface area contributed by atoms with E-state index < -0.39 is 11.8 Å². The molecule has 0 saturated carbocycles. The quantitative estimate of drug-likeness (QED) is 0.630. The van der Waals surface area contributed by atoms with Crippen LogP contribution in [0.2, 0.25) is 0 Å². The van der Waals surface area contributed by atoms with Crippen molar-refractivity contribution in [3.63, 3.8) is 0 Å². The molecule has 0 spiro atoms. The Kier molecular flexibility index (Phi) is 4.77. The smallest absolute Gasteiger partial charge is 0.338 e. The van der Waals surface area contributed by atoms with E-state index in [-0.39, 0.29) is 11.4 Å². The van der Waals surface area contributed by atoms with E-state index in [1.807, 2.05) is 5.38 Å². The summed E-state index contributed by atoms with van der Waals surface area (Å²) in [5.74, 6) is -2.42. The fourth-order valence-electron chi connectivity index (χ4n) is 1.89. The van der Waals surface area contributed by atoms with Gasteiger partial charge in [0.1, 0.15) is 21.7 Å². The molecule has 0 atom stereocenters. The number of anilines is 1. The van der Waals surface area contributed by atoms with E-state index in [2.05, 4.69) is 9.71 Å². The molecular weight excluding hydrogens is 354 g/mol. The van der Waals surface area contributed by atoms with Crippen LogP contribution >= 0.6 is 23.3 Å². The van der Waals surface area contributed by atoms with E-state index in [0.29, 0.717) is 10.7 Å². The van der Waals surface area contributed by atoms with Gasteiger partial charge in [0, 0.05) is 28.6 Å². The van der Waals surface area contributed by atoms with E-state index >= 15 is 0 Å². The van der Waals surface area contributed by atoms with Crippen molar-refractivity contribution in [3.8, 4) is 10.6 Å². The third-order valence-electron chi connectivity index (χ3n) is 3.05. The number of aromatic carboxylic acids is 1. The van der Waals surface area contributed by atoms with E-state index in [0.717, 1.165) is 16.6 Å². The predicted molar refractivity (Wildman–Crippen MR) is 90.3 cm³/mol. The van der Waals surface area contributed by atoms with Gasteiger partial charge in [0.25, 0.3) is 0 Å². The van der Waals surface area contributed by atoms with Gasteiger partial charge in [-0.15, -0.1) is 11.3 Å². The number of carboxylic acids is 1. The van der Waals surface area contributed by atoms with E-state index in [1.54, 1.807) is 12.1 Å². The minimum Gasteiger partial charge on any atom is -0.478 e. The molecule has 0 bridgehead atoms. The number of halogens is 2. The van der Waals surface area contributed by atoms with Crippen LogP contribution in [0.1, 0.15) is 10.4 Å². The van der Waals surface area contributed by atoms with Gasteiger partial charge in [0.05, 0.1) is 5.56 Å². The molecule has 3 rings (SSSR count). The molecule has 0 fully saturated rings. The van der Waals surface area contributed by atoms with E-state index in [1.165, 1.54) is 47.6 Å². The summed E-state index contributed by atoms with van der Waals surface area (Å²) in [5, 5.41) is 12.0. The number of carbonyl (C=O) groups is 1. The fourth-order valence-corrected chi connectivity index (χ4v) is 3.46. The molecule has 8 heteroatoms. The lowest BCUT2D eigenvalue weighted by Crippen LogP contribution is -2.00. The molecule has 0 aliphatic heterocycles. The van der Waals surface area contributed by atoms with Crippen LogP contribution in [0.4, 0.5) is 14.5 Å². The van der Waals surface area contributed by atoms with Gasteiger partial charge in [0.15, 0.2) is 0 Å². The first kappa shape index (κ1) is 16.4. The molecule has 1 aromatic heterocycles. The molecule has 2 N–H and O–H groups in total. The normalized spacial score (nSPS) is 10.6. The second-order valence-electron chi connectivity index (χ2n) is 4.70. The van der Waals surface area contributed by atoms with Crippen LogP contribution in [0.3, 0.4) is 0 Å². The second kappa shape index (κ2) is 6.98. The van der Waals surface area contributed by atoms with Gasteiger partial charge in [-0.3, -0.25) is 0 Å². The number of hydrogen-bond donors (Lipinski definition) is 2. The SMILES string of the molecule is O=C(O)c1ccc(NSc2csc(-c3ccc(F)cc3)n2)cc1F. The molecule has 0 saturated heterocycles. The number of hydrogen-bond acceptors (Lipinski definition) is 5. The van der Waals surface area contributed by atoms with Gasteiger partial charge in [-0.25, -0.2) is 18.6 Å². The Morgan fingerprint density at radius 1 is 1.17 bits per heavy atom. The summed E-state index contributed by atoms with van der Waals surface area (Å²) in [5.41, 5.74) is 0.863. The fraction of sp³-hybridized carbons (Fsp3) is 0. The van der Waals surface area contributed by atoms with Gasteiger partial charge in [-0.05, 0) is 42.5 Å². The van der Waals surface area contributed by atoms with Crippen molar-refractivity contribution in [1.82, 2.24) is 4.98 Å². The first-order chi connectivity index (χ1) is 11.5. The average Bonchev–Trinajstić information content (AvgIpc) is 3.02. The maximum atomic E-state index is 13.6. The van der Waals surface area contributed by atoms with E-state index in [9.17, 15) is 13.6 Å². The van der Waals surface area contributed by atoms with Crippen LogP contribution in [-0.4, -0.2) is 16.1 Å². The van der Waals surface area contributed by atoms with Gasteiger partial charge < -0.3 is 9.83 Å². The van der Waals surface area contributed by atoms with Crippen molar-refractivity contribution >= 4 is 34.9 Å². The number of rotatable bonds is 5. The molecule has 3 aromatic rings. The van der Waals surface area contributed by atoms with Gasteiger partial charge in [-0.2, -0.15) is 0 Å². The summed E-state index contributed by atoms with van der Waals surface area (Å²) in [6, 6.07) is 9.83. The lowest BCUT2D eigenvalue weighted by molar-refractivity contribution is 0.0692. The molecule has 24 heavy (non-hydrogen) atoms. The summed E-state index contributed by atoms with van der Waals surface area (Å²) in [4.78, 5) is 15.2. The maximum absolute atomic E-state index is 13.6. The summed E-state index contributed by atoms with van der Waals surface area (Å²) >= 11 is 2.58. The van der Waals surface area contributed by atoms with Crippen LogP contribution in [0, 0.1) is 11.6 Å². The minimum atomic E-state index is -1.31. The number of nitrogens with one attached hydrogen (secondary N) is 1. The standard InChI is InChI=1S/C16H10F2N2O2S2/c17-10-3-1-9(2-4-10)15-19-14(8-23-15)24-20-11-5-6-12(16(21)22)13(18)7-11/h1-8,20H,(H,21,22). The Labute approximate surface area is 144 Å². The average molecular weight is 364 g/mol. The number of aromatic nitrogens is 1. The number of carboxylic acid groups (broad SMARTS) is 1. The zero-order valence-electron chi connectivity index (χ0n) is 12.0. The third kappa shape index (κ3) is 3.72. The summed E-state index contributed by atoms with van der Waals surface area (Å²) in [7, 11) is 0. The Hall–Kier alpha value is -2.45. The monoisotopic (exact) mass is 364 g/mol. The maximum Gasteiger partial charge on any atom is 0.338 e. The molecule has 122 valence electrons. The molecule has 4 nitrogen and oxygen atoms in total. The highest BCUT2D eigenvalue weighted by atomic mass is 32.2. The van der Waals surface area contributed by atoms with Crippen LogP contribution < -0.4 is 4.72 Å². The number of nitrogens with zero attached hydrogens (tertiary/aromatic N) is 1. The molecule has 1 heterocycles. The number of benzene rings is 2. The third-order valence-corrected chi connectivity index (χ3v) is 4.84. The highest BCUT2D eigenvalue weighted by molar-refractivity contribution is 8.00. The van der Waals surface area contributed by atoms with Crippen molar-refractivity contribution in [2.45, 2.75) is 5.03 Å². The van der Waals surface area contributed by atoms with Crippen LogP contribution in [0.5, 0.6) is 0 Å². The molecule has 0 unspecified atom stereocenters. The first-order valence-corrected chi connectivity index (χ1v) is 8.40. The van der Waals surface area contributed by atoms with Gasteiger partial charge in [-0.1, -0.05) is 0 Å². The molecular formula is C16H10F2N2O2S2. The first-order valence-electron chi connectivity index (χ1n) is 6.70. The summed E-state index contributed by atoms with van der Waals surface area (Å²) in [6.07, 6.45) is 0. The molecule has 0 amide bonds. The lowest BCUT2D eigenvalue weighted by Gasteiger charge is -2.04. The lowest BCUT2D eigenvalue weighted by atomic mass is 10.2. The highest BCUT2D eigenvalue weighted by Crippen LogP contribution is 2.29. The van der Waals surface area contributed by atoms with Crippen molar-refractivity contribution in [1.29, 1.82) is 0 Å². The van der Waals surface area contributed by atoms with Crippen molar-refractivity contribution in [2.24, 2.45) is 0 Å². The summed E-state index contributed by atoms with van der Waals surface area (Å²) < 4.78 is 29.4. The minimum absolute atomic E-state index is 0.307. The molecule has 0 aliphatic rings. The van der Waals surface area contributed by atoms with Gasteiger partial charge >= 0.3 is 5.97 Å². The van der Waals surface area contributed by atoms with Gasteiger partial charge in [0.2, 0.25) is 0 Å². The zero-order chi connectivity index (χ0) is 17.1. The van der Waals surface area contributed by atoms with Crippen molar-refractivity contribution < 1.29 is 18.7 Å². The zero-order valence-corrected chi connectivity index (χ0v) is 13.6. The van der Waals surface area contributed by atoms with E-state index in [4.69, 9.17) is 5.11 Å². The number of thiazole rings is 1.